The molecule has 3 aliphatic carbocycles. The molecule has 3 saturated carbocycles. The van der Waals surface area contributed by atoms with E-state index in [2.05, 4.69) is 44.9 Å². The zero-order chi connectivity index (χ0) is 32.2. The van der Waals surface area contributed by atoms with Gasteiger partial charge in [0.2, 0.25) is 5.91 Å². The molecule has 0 spiro atoms. The first-order valence-electron chi connectivity index (χ1n) is 15.8. The standard InChI is InChI=1S/C32H48BN5O6/c1-20(2)16-28(33-43-27-19-24-18-26(31(24,4)5)32(27,6)44-33)36-29(40)23(8-7-15-35-30(34)37-38(41)42)17-25(39)14-13-22-11-9-21(3)10-12-22/h9-14,20,23-24,26-28H,7-8,15-19H2,1-6H3,(H,36,40)(H3,34,35,37)/b14-13+/t23-,24+,26+,27-,28+,32+/m1/s1. The van der Waals surface area contributed by atoms with Gasteiger partial charge in [-0.2, -0.15) is 0 Å². The largest absolute Gasteiger partial charge is 0.481 e. The number of carbonyl (C=O) groups is 2. The lowest BCUT2D eigenvalue weighted by Crippen LogP contribution is -2.65. The Bertz CT molecular complexity index is 1270. The molecule has 5 rings (SSSR count). The Morgan fingerprint density at radius 3 is 2.57 bits per heavy atom. The Morgan fingerprint density at radius 1 is 1.23 bits per heavy atom. The summed E-state index contributed by atoms with van der Waals surface area (Å²) in [6.45, 7) is 13.2. The van der Waals surface area contributed by atoms with E-state index in [1.54, 1.807) is 6.08 Å². The molecular weight excluding hydrogens is 561 g/mol. The van der Waals surface area contributed by atoms with E-state index in [9.17, 15) is 19.7 Å². The summed E-state index contributed by atoms with van der Waals surface area (Å²) in [6.07, 6.45) is 6.80. The number of amides is 1. The number of allylic oxidation sites excluding steroid dienone is 1. The van der Waals surface area contributed by atoms with Crippen molar-refractivity contribution in [1.29, 1.82) is 0 Å². The molecule has 12 heteroatoms. The Hall–Kier alpha value is -3.25. The van der Waals surface area contributed by atoms with E-state index in [0.717, 1.165) is 24.0 Å². The number of rotatable bonds is 14. The lowest BCUT2D eigenvalue weighted by Gasteiger charge is -2.64. The number of hydrogen-bond acceptors (Lipinski definition) is 7. The van der Waals surface area contributed by atoms with Crippen LogP contribution in [0.25, 0.3) is 6.08 Å². The van der Waals surface area contributed by atoms with Crippen LogP contribution in [0.5, 0.6) is 0 Å². The van der Waals surface area contributed by atoms with E-state index in [1.165, 1.54) is 6.08 Å². The second kappa shape index (κ2) is 13.8. The van der Waals surface area contributed by atoms with Crippen LogP contribution >= 0.6 is 0 Å². The molecule has 1 amide bonds. The van der Waals surface area contributed by atoms with Gasteiger partial charge in [0.25, 0.3) is 5.96 Å². The molecule has 1 aromatic carbocycles. The fraction of sp³-hybridized carbons (Fsp3) is 0.656. The topological polar surface area (TPSA) is 158 Å². The van der Waals surface area contributed by atoms with Gasteiger partial charge in [-0.05, 0) is 80.8 Å². The maximum Gasteiger partial charge on any atom is 0.481 e. The molecule has 4 fully saturated rings. The minimum atomic E-state index is -0.781. The van der Waals surface area contributed by atoms with Crippen molar-refractivity contribution in [3.63, 3.8) is 0 Å². The summed E-state index contributed by atoms with van der Waals surface area (Å²) in [5, 5.41) is 13.0. The number of nitrogens with one attached hydrogen (secondary N) is 2. The maximum absolute atomic E-state index is 13.8. The van der Waals surface area contributed by atoms with E-state index < -0.39 is 23.7 Å². The first kappa shape index (κ1) is 33.6. The van der Waals surface area contributed by atoms with Crippen LogP contribution in [-0.2, 0) is 18.9 Å². The molecule has 44 heavy (non-hydrogen) atoms. The van der Waals surface area contributed by atoms with E-state index in [-0.39, 0.29) is 54.0 Å². The van der Waals surface area contributed by atoms with E-state index in [4.69, 9.17) is 15.0 Å². The maximum atomic E-state index is 13.8. The van der Waals surface area contributed by atoms with Crippen LogP contribution in [0.3, 0.4) is 0 Å². The number of aryl methyl sites for hydroxylation is 1. The van der Waals surface area contributed by atoms with Gasteiger partial charge in [0.1, 0.15) is 0 Å². The highest BCUT2D eigenvalue weighted by Crippen LogP contribution is 2.65. The number of ketones is 1. The van der Waals surface area contributed by atoms with Gasteiger partial charge in [0.15, 0.2) is 10.8 Å². The molecule has 1 heterocycles. The minimum Gasteiger partial charge on any atom is -0.404 e. The third-order valence-corrected chi connectivity index (χ3v) is 9.91. The van der Waals surface area contributed by atoms with E-state index >= 15 is 0 Å². The Labute approximate surface area is 261 Å². The molecule has 0 aromatic heterocycles. The predicted octanol–water partition coefficient (Wildman–Crippen LogP) is 4.26. The normalized spacial score (nSPS) is 27.0. The number of nitrogens with two attached hydrogens (primary N) is 1. The Balaban J connectivity index is 1.45. The third kappa shape index (κ3) is 7.88. The fourth-order valence-electron chi connectivity index (χ4n) is 7.29. The van der Waals surface area contributed by atoms with Crippen LogP contribution in [-0.4, -0.2) is 54.0 Å². The molecule has 4 aliphatic rings. The second-order valence-corrected chi connectivity index (χ2v) is 14.0. The van der Waals surface area contributed by atoms with Gasteiger partial charge in [-0.15, -0.1) is 0 Å². The summed E-state index contributed by atoms with van der Waals surface area (Å²) in [5.41, 5.74) is 9.19. The van der Waals surface area contributed by atoms with Crippen molar-refractivity contribution in [3.8, 4) is 0 Å². The van der Waals surface area contributed by atoms with Crippen molar-refractivity contribution >= 4 is 30.8 Å². The summed E-state index contributed by atoms with van der Waals surface area (Å²) in [6, 6.07) is 7.82. The van der Waals surface area contributed by atoms with E-state index in [1.807, 2.05) is 36.6 Å². The number of carbonyl (C=O) groups excluding carboxylic acids is 2. The molecule has 1 aromatic rings. The van der Waals surface area contributed by atoms with Gasteiger partial charge >= 0.3 is 7.12 Å². The Morgan fingerprint density at radius 2 is 1.93 bits per heavy atom. The quantitative estimate of drug-likeness (QED) is 0.0537. The molecule has 2 bridgehead atoms. The molecule has 6 atom stereocenters. The summed E-state index contributed by atoms with van der Waals surface area (Å²) < 4.78 is 13.2. The average molecular weight is 610 g/mol. The van der Waals surface area contributed by atoms with Crippen LogP contribution in [0.2, 0.25) is 0 Å². The molecule has 0 radical (unpaired) electrons. The lowest BCUT2D eigenvalue weighted by molar-refractivity contribution is -0.525. The van der Waals surface area contributed by atoms with Crippen molar-refractivity contribution in [2.45, 2.75) is 97.7 Å². The smallest absolute Gasteiger partial charge is 0.404 e. The molecule has 11 nitrogen and oxygen atoms in total. The number of guanidine groups is 1. The van der Waals surface area contributed by atoms with Crippen LogP contribution in [0.1, 0.15) is 84.3 Å². The number of nitrogens with zero attached hydrogens (tertiary/aromatic N) is 2. The number of hydrazine groups is 1. The summed E-state index contributed by atoms with van der Waals surface area (Å²) in [7, 11) is -0.568. The van der Waals surface area contributed by atoms with Gasteiger partial charge in [0.05, 0.1) is 17.6 Å². The van der Waals surface area contributed by atoms with E-state index in [0.29, 0.717) is 31.1 Å². The lowest BCUT2D eigenvalue weighted by atomic mass is 9.43. The molecule has 1 aliphatic heterocycles. The van der Waals surface area contributed by atoms with Crippen molar-refractivity contribution < 1.29 is 23.9 Å². The molecule has 240 valence electrons. The highest BCUT2D eigenvalue weighted by atomic mass is 16.7. The highest BCUT2D eigenvalue weighted by Gasteiger charge is 2.68. The Kier molecular flexibility index (Phi) is 10.6. The highest BCUT2D eigenvalue weighted by molar-refractivity contribution is 6.47. The van der Waals surface area contributed by atoms with Gasteiger partial charge in [-0.3, -0.25) is 9.59 Å². The van der Waals surface area contributed by atoms with Gasteiger partial charge in [-0.25, -0.2) is 15.1 Å². The van der Waals surface area contributed by atoms with Gasteiger partial charge in [0, 0.05) is 18.9 Å². The van der Waals surface area contributed by atoms with Gasteiger partial charge in [-0.1, -0.05) is 69.0 Å². The fourth-order valence-corrected chi connectivity index (χ4v) is 7.29. The van der Waals surface area contributed by atoms with Crippen molar-refractivity contribution in [3.05, 3.63) is 51.6 Å². The van der Waals surface area contributed by atoms with Crippen LogP contribution in [0, 0.1) is 46.1 Å². The first-order valence-corrected chi connectivity index (χ1v) is 15.8. The minimum absolute atomic E-state index is 0.00350. The monoisotopic (exact) mass is 609 g/mol. The molecule has 1 saturated heterocycles. The summed E-state index contributed by atoms with van der Waals surface area (Å²) >= 11 is 0. The van der Waals surface area contributed by atoms with Crippen molar-refractivity contribution in [2.75, 3.05) is 6.54 Å². The van der Waals surface area contributed by atoms with Crippen LogP contribution in [0.4, 0.5) is 0 Å². The second-order valence-electron chi connectivity index (χ2n) is 14.0. The third-order valence-electron chi connectivity index (χ3n) is 9.91. The SMILES string of the molecule is Cc1ccc(/C=C/C(=O)C[C@@H](CCCN=C(N)N[N+](=O)[O-])C(=O)N[C@@H](CC(C)C)B2O[C@@H]3C[C@@H]4C[C@@H](C4(C)C)[C@]3(C)O2)cc1. The van der Waals surface area contributed by atoms with Gasteiger partial charge < -0.3 is 20.4 Å². The molecule has 0 unspecified atom stereocenters. The van der Waals surface area contributed by atoms with Crippen molar-refractivity contribution in [1.82, 2.24) is 10.7 Å². The average Bonchev–Trinajstić information content (AvgIpc) is 3.30. The number of benzene rings is 1. The van der Waals surface area contributed by atoms with Crippen LogP contribution < -0.4 is 16.5 Å². The molecule has 4 N–H and O–H groups in total. The summed E-state index contributed by atoms with van der Waals surface area (Å²) in [5.74, 6) is -0.430. The number of aliphatic imine (C=N–C) groups is 1. The zero-order valence-electron chi connectivity index (χ0n) is 26.9. The number of nitro groups is 1. The zero-order valence-corrected chi connectivity index (χ0v) is 26.9. The number of hydrogen-bond donors (Lipinski definition) is 3. The molecular formula is C32H48BN5O6. The first-order chi connectivity index (χ1) is 20.7. The predicted molar refractivity (Wildman–Crippen MR) is 171 cm³/mol. The summed E-state index contributed by atoms with van der Waals surface area (Å²) in [4.78, 5) is 41.4. The van der Waals surface area contributed by atoms with Crippen LogP contribution in [0.15, 0.2) is 35.3 Å². The van der Waals surface area contributed by atoms with Crippen molar-refractivity contribution in [2.24, 2.45) is 39.8 Å².